The maximum atomic E-state index is 11.1. The first-order valence-electron chi connectivity index (χ1n) is 4.66. The monoisotopic (exact) mass is 241 g/mol. The summed E-state index contributed by atoms with van der Waals surface area (Å²) in [5, 5.41) is 19.9. The smallest absolute Gasteiger partial charge is 0.314 e. The van der Waals surface area contributed by atoms with Gasteiger partial charge in [0.1, 0.15) is 5.02 Å². The van der Waals surface area contributed by atoms with Crippen LogP contribution in [-0.2, 0) is 10.2 Å². The standard InChI is InChI=1S/C10H8ClNO4/c11-7-3-1-2-6(8(7)12(15)16)10(4-5-10)9(13)14/h1-3H,4-5H2,(H,13,14). The molecule has 0 atom stereocenters. The lowest BCUT2D eigenvalue weighted by Crippen LogP contribution is -2.20. The maximum absolute atomic E-state index is 11.1. The van der Waals surface area contributed by atoms with Gasteiger partial charge in [-0.1, -0.05) is 23.7 Å². The van der Waals surface area contributed by atoms with Crippen LogP contribution in [0.15, 0.2) is 18.2 Å². The highest BCUT2D eigenvalue weighted by atomic mass is 35.5. The molecule has 1 aromatic rings. The summed E-state index contributed by atoms with van der Waals surface area (Å²) in [7, 11) is 0. The zero-order valence-electron chi connectivity index (χ0n) is 8.14. The zero-order valence-corrected chi connectivity index (χ0v) is 8.90. The molecular formula is C10H8ClNO4. The van der Waals surface area contributed by atoms with E-state index in [-0.39, 0.29) is 16.3 Å². The quantitative estimate of drug-likeness (QED) is 0.651. The molecule has 1 aliphatic rings. The van der Waals surface area contributed by atoms with Gasteiger partial charge in [-0.25, -0.2) is 0 Å². The molecule has 0 bridgehead atoms. The number of nitrogens with zero attached hydrogens (tertiary/aromatic N) is 1. The topological polar surface area (TPSA) is 80.4 Å². The van der Waals surface area contributed by atoms with Gasteiger partial charge in [-0.3, -0.25) is 14.9 Å². The molecule has 1 fully saturated rings. The fourth-order valence-electron chi connectivity index (χ4n) is 1.81. The van der Waals surface area contributed by atoms with Gasteiger partial charge < -0.3 is 5.11 Å². The van der Waals surface area contributed by atoms with E-state index in [1.807, 2.05) is 0 Å². The van der Waals surface area contributed by atoms with Gasteiger partial charge in [0.25, 0.3) is 5.69 Å². The number of hydrogen-bond donors (Lipinski definition) is 1. The number of carboxylic acid groups (broad SMARTS) is 1. The van der Waals surface area contributed by atoms with E-state index in [1.54, 1.807) is 0 Å². The summed E-state index contributed by atoms with van der Waals surface area (Å²) in [5.74, 6) is -1.03. The van der Waals surface area contributed by atoms with Crippen molar-refractivity contribution in [1.82, 2.24) is 0 Å². The van der Waals surface area contributed by atoms with Gasteiger partial charge in [0.15, 0.2) is 0 Å². The second kappa shape index (κ2) is 3.45. The molecule has 0 heterocycles. The third kappa shape index (κ3) is 1.44. The molecule has 0 radical (unpaired) electrons. The summed E-state index contributed by atoms with van der Waals surface area (Å²) < 4.78 is 0. The largest absolute Gasteiger partial charge is 0.481 e. The minimum Gasteiger partial charge on any atom is -0.481 e. The number of carbonyl (C=O) groups is 1. The second-order valence-corrected chi connectivity index (χ2v) is 4.19. The van der Waals surface area contributed by atoms with E-state index < -0.39 is 16.3 Å². The first kappa shape index (κ1) is 10.9. The fourth-order valence-corrected chi connectivity index (χ4v) is 2.05. The van der Waals surface area contributed by atoms with Crippen molar-refractivity contribution in [3.05, 3.63) is 38.9 Å². The number of nitro groups is 1. The van der Waals surface area contributed by atoms with E-state index >= 15 is 0 Å². The first-order valence-corrected chi connectivity index (χ1v) is 5.03. The maximum Gasteiger partial charge on any atom is 0.314 e. The van der Waals surface area contributed by atoms with E-state index in [4.69, 9.17) is 16.7 Å². The van der Waals surface area contributed by atoms with E-state index in [9.17, 15) is 14.9 Å². The molecule has 1 aromatic carbocycles. The molecule has 0 unspecified atom stereocenters. The summed E-state index contributed by atoms with van der Waals surface area (Å²) in [6.07, 6.45) is 0.840. The summed E-state index contributed by atoms with van der Waals surface area (Å²) in [6.45, 7) is 0. The van der Waals surface area contributed by atoms with Gasteiger partial charge >= 0.3 is 5.97 Å². The Morgan fingerprint density at radius 3 is 2.56 bits per heavy atom. The highest BCUT2D eigenvalue weighted by Gasteiger charge is 2.55. The van der Waals surface area contributed by atoms with Crippen LogP contribution >= 0.6 is 11.6 Å². The Morgan fingerprint density at radius 1 is 1.50 bits per heavy atom. The van der Waals surface area contributed by atoms with Crippen LogP contribution in [0.1, 0.15) is 18.4 Å². The number of benzene rings is 1. The Morgan fingerprint density at radius 2 is 2.12 bits per heavy atom. The van der Waals surface area contributed by atoms with Crippen LogP contribution in [0.25, 0.3) is 0 Å². The molecule has 16 heavy (non-hydrogen) atoms. The van der Waals surface area contributed by atoms with E-state index in [2.05, 4.69) is 0 Å². The summed E-state index contributed by atoms with van der Waals surface area (Å²) in [5.41, 5.74) is -1.19. The predicted molar refractivity (Wildman–Crippen MR) is 56.7 cm³/mol. The van der Waals surface area contributed by atoms with Crippen molar-refractivity contribution < 1.29 is 14.8 Å². The van der Waals surface area contributed by atoms with Crippen molar-refractivity contribution >= 4 is 23.3 Å². The molecular weight excluding hydrogens is 234 g/mol. The molecule has 0 amide bonds. The van der Waals surface area contributed by atoms with E-state index in [1.165, 1.54) is 18.2 Å². The number of nitro benzene ring substituents is 1. The van der Waals surface area contributed by atoms with Crippen molar-refractivity contribution in [3.63, 3.8) is 0 Å². The first-order chi connectivity index (χ1) is 7.49. The Hall–Kier alpha value is -1.62. The molecule has 1 aliphatic carbocycles. The molecule has 1 N–H and O–H groups in total. The van der Waals surface area contributed by atoms with Crippen molar-refractivity contribution in [1.29, 1.82) is 0 Å². The number of para-hydroxylation sites is 1. The highest BCUT2D eigenvalue weighted by molar-refractivity contribution is 6.32. The van der Waals surface area contributed by atoms with E-state index in [0.717, 1.165) is 0 Å². The van der Waals surface area contributed by atoms with Crippen LogP contribution in [-0.4, -0.2) is 16.0 Å². The number of halogens is 1. The summed E-state index contributed by atoms with van der Waals surface area (Å²) in [4.78, 5) is 21.3. The van der Waals surface area contributed by atoms with Crippen molar-refractivity contribution in [2.24, 2.45) is 0 Å². The van der Waals surface area contributed by atoms with Gasteiger partial charge in [0.05, 0.1) is 10.3 Å². The minimum absolute atomic E-state index is 0.0185. The molecule has 84 valence electrons. The zero-order chi connectivity index (χ0) is 11.9. The molecule has 0 saturated heterocycles. The van der Waals surface area contributed by atoms with Crippen LogP contribution in [0.3, 0.4) is 0 Å². The Labute approximate surface area is 95.8 Å². The number of aliphatic carboxylic acids is 1. The fraction of sp³-hybridized carbons (Fsp3) is 0.300. The van der Waals surface area contributed by atoms with Crippen molar-refractivity contribution in [2.75, 3.05) is 0 Å². The average Bonchev–Trinajstić information content (AvgIpc) is 2.97. The van der Waals surface area contributed by atoms with Crippen LogP contribution < -0.4 is 0 Å². The van der Waals surface area contributed by atoms with Crippen LogP contribution in [0.5, 0.6) is 0 Å². The number of carboxylic acids is 1. The lowest BCUT2D eigenvalue weighted by molar-refractivity contribution is -0.385. The third-order valence-corrected chi connectivity index (χ3v) is 3.15. The lowest BCUT2D eigenvalue weighted by atomic mass is 9.94. The molecule has 0 aromatic heterocycles. The Balaban J connectivity index is 2.62. The molecule has 5 nitrogen and oxygen atoms in total. The Bertz CT molecular complexity index is 482. The van der Waals surface area contributed by atoms with Gasteiger partial charge in [-0.05, 0) is 18.9 Å². The normalized spacial score (nSPS) is 16.8. The van der Waals surface area contributed by atoms with E-state index in [0.29, 0.717) is 12.8 Å². The summed E-state index contributed by atoms with van der Waals surface area (Å²) in [6, 6.07) is 4.39. The lowest BCUT2D eigenvalue weighted by Gasteiger charge is -2.10. The Kier molecular flexibility index (Phi) is 2.35. The van der Waals surface area contributed by atoms with Crippen LogP contribution in [0, 0.1) is 10.1 Å². The predicted octanol–water partition coefficient (Wildman–Crippen LogP) is 2.36. The average molecular weight is 242 g/mol. The molecule has 0 spiro atoms. The third-order valence-electron chi connectivity index (χ3n) is 2.84. The number of rotatable bonds is 3. The van der Waals surface area contributed by atoms with Gasteiger partial charge in [-0.2, -0.15) is 0 Å². The highest BCUT2D eigenvalue weighted by Crippen LogP contribution is 2.52. The van der Waals surface area contributed by atoms with Gasteiger partial charge in [0.2, 0.25) is 0 Å². The molecule has 6 heteroatoms. The molecule has 0 aliphatic heterocycles. The van der Waals surface area contributed by atoms with Crippen molar-refractivity contribution in [3.8, 4) is 0 Å². The van der Waals surface area contributed by atoms with Crippen LogP contribution in [0.4, 0.5) is 5.69 Å². The molecule has 1 saturated carbocycles. The SMILES string of the molecule is O=C(O)C1(c2cccc(Cl)c2[N+](=O)[O-])CC1. The van der Waals surface area contributed by atoms with Crippen molar-refractivity contribution in [2.45, 2.75) is 18.3 Å². The van der Waals surface area contributed by atoms with Crippen LogP contribution in [0.2, 0.25) is 5.02 Å². The number of hydrogen-bond acceptors (Lipinski definition) is 3. The second-order valence-electron chi connectivity index (χ2n) is 3.78. The minimum atomic E-state index is -1.10. The summed E-state index contributed by atoms with van der Waals surface area (Å²) >= 11 is 5.73. The van der Waals surface area contributed by atoms with Gasteiger partial charge in [-0.15, -0.1) is 0 Å². The molecule has 2 rings (SSSR count). The van der Waals surface area contributed by atoms with Gasteiger partial charge in [0, 0.05) is 5.56 Å².